The zero-order valence-electron chi connectivity index (χ0n) is 12.5. The third kappa shape index (κ3) is 5.48. The van der Waals surface area contributed by atoms with Gasteiger partial charge in [0, 0.05) is 18.7 Å². The molecule has 1 amide bonds. The Morgan fingerprint density at radius 2 is 1.95 bits per heavy atom. The summed E-state index contributed by atoms with van der Waals surface area (Å²) in [6.07, 6.45) is 1.38. The Morgan fingerprint density at radius 3 is 2.60 bits per heavy atom. The number of nitrogens with one attached hydrogen (secondary N) is 2. The molecule has 0 aliphatic heterocycles. The van der Waals surface area contributed by atoms with Crippen LogP contribution in [0.4, 0.5) is 0 Å². The highest BCUT2D eigenvalue weighted by molar-refractivity contribution is 5.79. The highest BCUT2D eigenvalue weighted by Gasteiger charge is 2.09. The van der Waals surface area contributed by atoms with E-state index in [1.807, 2.05) is 18.2 Å². The lowest BCUT2D eigenvalue weighted by molar-refractivity contribution is -0.120. The van der Waals surface area contributed by atoms with Crippen molar-refractivity contribution in [1.82, 2.24) is 10.6 Å². The normalized spacial score (nSPS) is 10.2. The van der Waals surface area contributed by atoms with E-state index in [-0.39, 0.29) is 12.3 Å². The highest BCUT2D eigenvalue weighted by Crippen LogP contribution is 2.24. The molecule has 1 rings (SSSR count). The van der Waals surface area contributed by atoms with Gasteiger partial charge in [-0.15, -0.1) is 0 Å². The topological polar surface area (TPSA) is 59.6 Å². The van der Waals surface area contributed by atoms with Crippen molar-refractivity contribution in [1.29, 1.82) is 0 Å². The number of hydrogen-bond acceptors (Lipinski definition) is 4. The Balaban J connectivity index is 2.48. The number of benzene rings is 1. The molecule has 20 heavy (non-hydrogen) atoms. The van der Waals surface area contributed by atoms with Gasteiger partial charge in [0.1, 0.15) is 11.5 Å². The van der Waals surface area contributed by atoms with Crippen molar-refractivity contribution in [2.45, 2.75) is 19.8 Å². The minimum atomic E-state index is -0.0187. The number of methoxy groups -OCH3 is 2. The molecule has 2 N–H and O–H groups in total. The molecular formula is C15H24N2O3. The molecule has 1 aromatic rings. The fourth-order valence-corrected chi connectivity index (χ4v) is 1.85. The Bertz CT molecular complexity index is 422. The summed E-state index contributed by atoms with van der Waals surface area (Å²) in [6, 6.07) is 5.45. The first kappa shape index (κ1) is 16.3. The van der Waals surface area contributed by atoms with E-state index in [4.69, 9.17) is 9.47 Å². The summed E-state index contributed by atoms with van der Waals surface area (Å²) in [7, 11) is 3.20. The molecule has 0 bridgehead atoms. The summed E-state index contributed by atoms with van der Waals surface area (Å²) < 4.78 is 10.4. The van der Waals surface area contributed by atoms with Crippen LogP contribution < -0.4 is 20.1 Å². The quantitative estimate of drug-likeness (QED) is 0.671. The molecule has 0 aliphatic carbocycles. The summed E-state index contributed by atoms with van der Waals surface area (Å²) in [6.45, 7) is 4.50. The van der Waals surface area contributed by atoms with E-state index in [0.717, 1.165) is 30.8 Å². The first-order chi connectivity index (χ1) is 9.71. The molecule has 0 fully saturated rings. The fourth-order valence-electron chi connectivity index (χ4n) is 1.85. The van der Waals surface area contributed by atoms with E-state index >= 15 is 0 Å². The zero-order valence-corrected chi connectivity index (χ0v) is 12.5. The van der Waals surface area contributed by atoms with Gasteiger partial charge >= 0.3 is 0 Å². The van der Waals surface area contributed by atoms with Crippen LogP contribution in [0.3, 0.4) is 0 Å². The Labute approximate surface area is 120 Å². The molecule has 0 aliphatic rings. The minimum absolute atomic E-state index is 0.0187. The lowest BCUT2D eigenvalue weighted by atomic mass is 10.1. The fraction of sp³-hybridized carbons (Fsp3) is 0.533. The van der Waals surface area contributed by atoms with Crippen LogP contribution in [-0.2, 0) is 11.2 Å². The van der Waals surface area contributed by atoms with Crippen molar-refractivity contribution < 1.29 is 14.3 Å². The van der Waals surface area contributed by atoms with Gasteiger partial charge < -0.3 is 20.1 Å². The van der Waals surface area contributed by atoms with Crippen molar-refractivity contribution in [3.63, 3.8) is 0 Å². The second-order valence-corrected chi connectivity index (χ2v) is 4.45. The van der Waals surface area contributed by atoms with Crippen LogP contribution in [0.2, 0.25) is 0 Å². The van der Waals surface area contributed by atoms with E-state index in [0.29, 0.717) is 12.3 Å². The van der Waals surface area contributed by atoms with Crippen molar-refractivity contribution in [2.75, 3.05) is 33.9 Å². The van der Waals surface area contributed by atoms with E-state index in [9.17, 15) is 4.79 Å². The van der Waals surface area contributed by atoms with Crippen LogP contribution in [0, 0.1) is 0 Å². The number of carbonyl (C=O) groups is 1. The average molecular weight is 280 g/mol. The van der Waals surface area contributed by atoms with Crippen LogP contribution in [0.25, 0.3) is 0 Å². The average Bonchev–Trinajstić information content (AvgIpc) is 2.47. The summed E-state index contributed by atoms with van der Waals surface area (Å²) >= 11 is 0. The van der Waals surface area contributed by atoms with Gasteiger partial charge in [0.25, 0.3) is 0 Å². The molecule has 0 aromatic heterocycles. The van der Waals surface area contributed by atoms with Gasteiger partial charge in [0.15, 0.2) is 0 Å². The third-order valence-corrected chi connectivity index (χ3v) is 2.89. The maximum Gasteiger partial charge on any atom is 0.224 e. The maximum atomic E-state index is 11.9. The van der Waals surface area contributed by atoms with E-state index in [1.165, 1.54) is 0 Å². The SMILES string of the molecule is CCCNCCNC(=O)Cc1cc(OC)ccc1OC. The van der Waals surface area contributed by atoms with E-state index in [1.54, 1.807) is 14.2 Å². The largest absolute Gasteiger partial charge is 0.497 e. The monoisotopic (exact) mass is 280 g/mol. The lowest BCUT2D eigenvalue weighted by Gasteiger charge is -2.11. The number of hydrogen-bond donors (Lipinski definition) is 2. The molecule has 112 valence electrons. The van der Waals surface area contributed by atoms with Gasteiger partial charge in [-0.3, -0.25) is 4.79 Å². The van der Waals surface area contributed by atoms with Crippen molar-refractivity contribution >= 4 is 5.91 Å². The predicted molar refractivity (Wildman–Crippen MR) is 79.4 cm³/mol. The van der Waals surface area contributed by atoms with Crippen LogP contribution in [0.1, 0.15) is 18.9 Å². The number of rotatable bonds is 9. The molecule has 5 heteroatoms. The van der Waals surface area contributed by atoms with E-state index in [2.05, 4.69) is 17.6 Å². The Morgan fingerprint density at radius 1 is 1.15 bits per heavy atom. The molecule has 5 nitrogen and oxygen atoms in total. The molecule has 0 heterocycles. The molecule has 0 radical (unpaired) electrons. The molecule has 0 saturated heterocycles. The molecule has 1 aromatic carbocycles. The highest BCUT2D eigenvalue weighted by atomic mass is 16.5. The van der Waals surface area contributed by atoms with Crippen LogP contribution in [0.5, 0.6) is 11.5 Å². The van der Waals surface area contributed by atoms with Crippen molar-refractivity contribution in [3.8, 4) is 11.5 Å². The maximum absolute atomic E-state index is 11.9. The predicted octanol–water partition coefficient (Wildman–Crippen LogP) is 1.36. The van der Waals surface area contributed by atoms with Crippen LogP contribution >= 0.6 is 0 Å². The van der Waals surface area contributed by atoms with Gasteiger partial charge in [0.2, 0.25) is 5.91 Å². The number of carbonyl (C=O) groups excluding carboxylic acids is 1. The lowest BCUT2D eigenvalue weighted by Crippen LogP contribution is -2.33. The molecule has 0 spiro atoms. The standard InChI is InChI=1S/C15H24N2O3/c1-4-7-16-8-9-17-15(18)11-12-10-13(19-2)5-6-14(12)20-3/h5-6,10,16H,4,7-9,11H2,1-3H3,(H,17,18). The smallest absolute Gasteiger partial charge is 0.224 e. The molecule has 0 saturated carbocycles. The molecular weight excluding hydrogens is 256 g/mol. The van der Waals surface area contributed by atoms with Crippen molar-refractivity contribution in [2.24, 2.45) is 0 Å². The number of ether oxygens (including phenoxy) is 2. The van der Waals surface area contributed by atoms with Gasteiger partial charge in [-0.1, -0.05) is 6.92 Å². The zero-order chi connectivity index (χ0) is 14.8. The van der Waals surface area contributed by atoms with E-state index < -0.39 is 0 Å². The van der Waals surface area contributed by atoms with Crippen LogP contribution in [0.15, 0.2) is 18.2 Å². The third-order valence-electron chi connectivity index (χ3n) is 2.89. The first-order valence-corrected chi connectivity index (χ1v) is 6.89. The minimum Gasteiger partial charge on any atom is -0.497 e. The Hall–Kier alpha value is -1.75. The molecule has 0 unspecified atom stereocenters. The van der Waals surface area contributed by atoms with Crippen LogP contribution in [-0.4, -0.2) is 39.8 Å². The first-order valence-electron chi connectivity index (χ1n) is 6.89. The summed E-state index contributed by atoms with van der Waals surface area (Å²) in [5.41, 5.74) is 0.825. The molecule has 0 atom stereocenters. The van der Waals surface area contributed by atoms with Gasteiger partial charge in [-0.05, 0) is 31.2 Å². The summed E-state index contributed by atoms with van der Waals surface area (Å²) in [4.78, 5) is 11.9. The van der Waals surface area contributed by atoms with Gasteiger partial charge in [-0.25, -0.2) is 0 Å². The van der Waals surface area contributed by atoms with Crippen molar-refractivity contribution in [3.05, 3.63) is 23.8 Å². The van der Waals surface area contributed by atoms with Gasteiger partial charge in [-0.2, -0.15) is 0 Å². The van der Waals surface area contributed by atoms with Gasteiger partial charge in [0.05, 0.1) is 20.6 Å². The second-order valence-electron chi connectivity index (χ2n) is 4.45. The Kier molecular flexibility index (Phi) is 7.50. The second kappa shape index (κ2) is 9.20. The summed E-state index contributed by atoms with van der Waals surface area (Å²) in [5.74, 6) is 1.40. The summed E-state index contributed by atoms with van der Waals surface area (Å²) in [5, 5.41) is 6.12. The number of amides is 1.